The first-order valence-corrected chi connectivity index (χ1v) is 9.77. The molecule has 0 aliphatic heterocycles. The number of hydrogen-bond acceptors (Lipinski definition) is 6. The van der Waals surface area contributed by atoms with Crippen molar-refractivity contribution in [3.8, 4) is 11.5 Å². The Morgan fingerprint density at radius 2 is 1.46 bits per heavy atom. The largest absolute Gasteiger partial charge is 0.480 e. The Hall–Kier alpha value is -2.53. The van der Waals surface area contributed by atoms with E-state index in [0.717, 1.165) is 0 Å². The molecule has 10 heteroatoms. The third-order valence-electron chi connectivity index (χ3n) is 4.48. The summed E-state index contributed by atoms with van der Waals surface area (Å²) < 4.78 is 45.7. The summed E-state index contributed by atoms with van der Waals surface area (Å²) in [6.07, 6.45) is -3.58. The predicted molar refractivity (Wildman–Crippen MR) is 94.9 cm³/mol. The van der Waals surface area contributed by atoms with Crippen LogP contribution in [0.5, 0.6) is 11.5 Å². The minimum Gasteiger partial charge on any atom is -0.480 e. The smallest absolute Gasteiger partial charge is 0.325 e. The van der Waals surface area contributed by atoms with Crippen LogP contribution in [0.2, 0.25) is 0 Å². The molecule has 4 N–H and O–H groups in total. The number of hydrogen-bond donors (Lipinski definition) is 4. The van der Waals surface area contributed by atoms with Crippen LogP contribution in [-0.2, 0) is 14.8 Å². The van der Waals surface area contributed by atoms with Gasteiger partial charge >= 0.3 is 5.97 Å². The Morgan fingerprint density at radius 1 is 1.00 bits per heavy atom. The van der Waals surface area contributed by atoms with Gasteiger partial charge in [0.2, 0.25) is 10.0 Å². The van der Waals surface area contributed by atoms with E-state index in [1.165, 1.54) is 48.5 Å². The maximum atomic E-state index is 12.9. The average molecular weight is 411 g/mol. The molecule has 3 atom stereocenters. The zero-order valence-electron chi connectivity index (χ0n) is 14.4. The molecule has 1 aliphatic carbocycles. The molecule has 0 amide bonds. The molecule has 150 valence electrons. The molecule has 8 nitrogen and oxygen atoms in total. The first-order valence-electron chi connectivity index (χ1n) is 8.28. The van der Waals surface area contributed by atoms with Crippen molar-refractivity contribution >= 4 is 16.0 Å². The fourth-order valence-corrected chi connectivity index (χ4v) is 4.39. The Kier molecular flexibility index (Phi) is 5.39. The van der Waals surface area contributed by atoms with E-state index in [1.54, 1.807) is 0 Å². The number of carboxylic acid groups (broad SMARTS) is 1. The van der Waals surface area contributed by atoms with Gasteiger partial charge in [-0.25, -0.2) is 12.8 Å². The van der Waals surface area contributed by atoms with Crippen molar-refractivity contribution in [3.63, 3.8) is 0 Å². The van der Waals surface area contributed by atoms with E-state index in [-0.39, 0.29) is 4.90 Å². The van der Waals surface area contributed by atoms with Crippen LogP contribution in [0.1, 0.15) is 12.8 Å². The average Bonchev–Trinajstić information content (AvgIpc) is 2.92. The molecule has 0 bridgehead atoms. The van der Waals surface area contributed by atoms with Gasteiger partial charge in [0, 0.05) is 12.8 Å². The Balaban J connectivity index is 1.78. The second kappa shape index (κ2) is 7.47. The topological polar surface area (TPSA) is 133 Å². The highest BCUT2D eigenvalue weighted by molar-refractivity contribution is 7.89. The first-order chi connectivity index (χ1) is 13.1. The predicted octanol–water partition coefficient (Wildman–Crippen LogP) is 1.24. The monoisotopic (exact) mass is 411 g/mol. The summed E-state index contributed by atoms with van der Waals surface area (Å²) in [7, 11) is -4.25. The van der Waals surface area contributed by atoms with Gasteiger partial charge in [-0.1, -0.05) is 0 Å². The van der Waals surface area contributed by atoms with Crippen molar-refractivity contribution in [2.24, 2.45) is 0 Å². The molecule has 1 aliphatic rings. The van der Waals surface area contributed by atoms with E-state index in [4.69, 9.17) is 4.74 Å². The minimum atomic E-state index is -4.25. The normalized spacial score (nSPS) is 24.8. The highest BCUT2D eigenvalue weighted by Gasteiger charge is 2.52. The quantitative estimate of drug-likeness (QED) is 0.562. The van der Waals surface area contributed by atoms with Gasteiger partial charge in [-0.2, -0.15) is 4.72 Å². The standard InChI is InChI=1S/C18H18FNO7S/c19-11-1-3-12(4-2-11)27-13-5-7-14(8-6-13)28(25,26)20-18(17(23)24)9-15(21)16(22)10-18/h1-8,15-16,20-22H,9-10H2,(H,23,24)/t15-,16+,18?. The van der Waals surface area contributed by atoms with Crippen LogP contribution in [0.15, 0.2) is 53.4 Å². The summed E-state index contributed by atoms with van der Waals surface area (Å²) in [5, 5.41) is 28.8. The summed E-state index contributed by atoms with van der Waals surface area (Å²) in [4.78, 5) is 11.4. The van der Waals surface area contributed by atoms with E-state index < -0.39 is 52.4 Å². The summed E-state index contributed by atoms with van der Waals surface area (Å²) in [6, 6.07) is 10.4. The summed E-state index contributed by atoms with van der Waals surface area (Å²) in [6.45, 7) is 0. The number of nitrogens with one attached hydrogen (secondary N) is 1. The van der Waals surface area contributed by atoms with Gasteiger partial charge in [0.15, 0.2) is 0 Å². The number of rotatable bonds is 6. The van der Waals surface area contributed by atoms with Crippen LogP contribution < -0.4 is 9.46 Å². The van der Waals surface area contributed by atoms with Gasteiger partial charge < -0.3 is 20.1 Å². The number of aliphatic carboxylic acids is 1. The minimum absolute atomic E-state index is 0.213. The van der Waals surface area contributed by atoms with Crippen molar-refractivity contribution in [2.45, 2.75) is 35.5 Å². The number of ether oxygens (including phenoxy) is 1. The number of aliphatic hydroxyl groups excluding tert-OH is 2. The van der Waals surface area contributed by atoms with Crippen LogP contribution in [0.3, 0.4) is 0 Å². The molecule has 0 radical (unpaired) electrons. The zero-order chi connectivity index (χ0) is 20.5. The van der Waals surface area contributed by atoms with E-state index in [0.29, 0.717) is 11.5 Å². The molecule has 28 heavy (non-hydrogen) atoms. The molecular formula is C18H18FNO7S. The van der Waals surface area contributed by atoms with Crippen LogP contribution in [0.4, 0.5) is 4.39 Å². The van der Waals surface area contributed by atoms with Crippen molar-refractivity contribution in [2.75, 3.05) is 0 Å². The Morgan fingerprint density at radius 3 is 1.93 bits per heavy atom. The van der Waals surface area contributed by atoms with Crippen molar-refractivity contribution in [3.05, 3.63) is 54.3 Å². The lowest BCUT2D eigenvalue weighted by molar-refractivity contribution is -0.144. The van der Waals surface area contributed by atoms with Gasteiger partial charge in [-0.05, 0) is 48.5 Å². The van der Waals surface area contributed by atoms with Crippen LogP contribution in [-0.4, -0.2) is 47.5 Å². The molecule has 3 rings (SSSR count). The van der Waals surface area contributed by atoms with Gasteiger partial charge in [-0.3, -0.25) is 4.79 Å². The second-order valence-electron chi connectivity index (χ2n) is 6.56. The third kappa shape index (κ3) is 4.14. The van der Waals surface area contributed by atoms with E-state index in [9.17, 15) is 32.9 Å². The molecule has 1 fully saturated rings. The Labute approximate surface area is 160 Å². The number of carboxylic acids is 1. The Bertz CT molecular complexity index is 950. The molecule has 2 aromatic rings. The second-order valence-corrected chi connectivity index (χ2v) is 8.25. The highest BCUT2D eigenvalue weighted by atomic mass is 32.2. The fraction of sp³-hybridized carbons (Fsp3) is 0.278. The van der Waals surface area contributed by atoms with Crippen LogP contribution in [0, 0.1) is 5.82 Å². The number of halogens is 1. The molecule has 0 heterocycles. The van der Waals surface area contributed by atoms with Crippen LogP contribution >= 0.6 is 0 Å². The lowest BCUT2D eigenvalue weighted by Crippen LogP contribution is -2.53. The van der Waals surface area contributed by atoms with Crippen LogP contribution in [0.25, 0.3) is 0 Å². The van der Waals surface area contributed by atoms with Crippen molar-refractivity contribution < 1.29 is 37.7 Å². The SMILES string of the molecule is O=C(O)C1(NS(=O)(=O)c2ccc(Oc3ccc(F)cc3)cc2)C[C@@H](O)[C@@H](O)C1. The summed E-state index contributed by atoms with van der Waals surface area (Å²) in [5.74, 6) is -1.25. The molecule has 1 unspecified atom stereocenters. The van der Waals surface area contributed by atoms with Gasteiger partial charge in [-0.15, -0.1) is 0 Å². The number of carbonyl (C=O) groups is 1. The van der Waals surface area contributed by atoms with Crippen molar-refractivity contribution in [1.82, 2.24) is 4.72 Å². The third-order valence-corrected chi connectivity index (χ3v) is 6.03. The lowest BCUT2D eigenvalue weighted by atomic mass is 9.99. The van der Waals surface area contributed by atoms with E-state index in [2.05, 4.69) is 4.72 Å². The number of benzene rings is 2. The number of aliphatic hydroxyl groups is 2. The molecule has 0 aromatic heterocycles. The van der Waals surface area contributed by atoms with Gasteiger partial charge in [0.05, 0.1) is 17.1 Å². The number of sulfonamides is 1. The molecule has 1 saturated carbocycles. The maximum Gasteiger partial charge on any atom is 0.325 e. The molecule has 0 spiro atoms. The summed E-state index contributed by atoms with van der Waals surface area (Å²) in [5.41, 5.74) is -2.00. The zero-order valence-corrected chi connectivity index (χ0v) is 15.3. The van der Waals surface area contributed by atoms with E-state index in [1.807, 2.05) is 0 Å². The van der Waals surface area contributed by atoms with Gasteiger partial charge in [0.1, 0.15) is 22.9 Å². The molecule has 2 aromatic carbocycles. The van der Waals surface area contributed by atoms with E-state index >= 15 is 0 Å². The van der Waals surface area contributed by atoms with Gasteiger partial charge in [0.25, 0.3) is 0 Å². The highest BCUT2D eigenvalue weighted by Crippen LogP contribution is 2.33. The van der Waals surface area contributed by atoms with Crippen molar-refractivity contribution in [1.29, 1.82) is 0 Å². The fourth-order valence-electron chi connectivity index (χ4n) is 3.01. The lowest BCUT2D eigenvalue weighted by Gasteiger charge is -2.25. The maximum absolute atomic E-state index is 12.9. The summed E-state index contributed by atoms with van der Waals surface area (Å²) >= 11 is 0. The first kappa shape index (κ1) is 20.2. The molecule has 0 saturated heterocycles. The molecular weight excluding hydrogens is 393 g/mol.